The molecular formula is C8H9AlO. The molecule has 0 fully saturated rings. The highest BCUT2D eigenvalue weighted by molar-refractivity contribution is 6.00. The summed E-state index contributed by atoms with van der Waals surface area (Å²) in [5, 5.41) is 0. The van der Waals surface area contributed by atoms with Crippen molar-refractivity contribution in [3.8, 4) is 5.75 Å². The van der Waals surface area contributed by atoms with Gasteiger partial charge < -0.3 is 3.79 Å². The zero-order valence-corrected chi connectivity index (χ0v) is 7.37. The van der Waals surface area contributed by atoms with Crippen LogP contribution >= 0.6 is 0 Å². The first-order valence-corrected chi connectivity index (χ1v) is 3.66. The summed E-state index contributed by atoms with van der Waals surface area (Å²) in [5.74, 6) is 0.935. The summed E-state index contributed by atoms with van der Waals surface area (Å²) in [6, 6.07) is 6.01. The first-order valence-electron chi connectivity index (χ1n) is 3.18. The molecule has 10 heavy (non-hydrogen) atoms. The van der Waals surface area contributed by atoms with Gasteiger partial charge in [-0.25, -0.2) is 0 Å². The molecule has 0 bridgehead atoms. The largest absolute Gasteiger partial charge is 0.653 e. The van der Waals surface area contributed by atoms with Gasteiger partial charge in [-0.1, -0.05) is 12.1 Å². The van der Waals surface area contributed by atoms with Crippen molar-refractivity contribution in [3.05, 3.63) is 29.3 Å². The van der Waals surface area contributed by atoms with Crippen LogP contribution in [0.3, 0.4) is 0 Å². The standard InChI is InChI=1S/C8H10O.Al/c1-6-4-3-5-8(9)7(6)2;/h3-5,9H,1-2H3;/q;+1/p-1. The SMILES string of the molecule is Cc1cccc([O][Al])c1C. The van der Waals surface area contributed by atoms with E-state index in [1.165, 1.54) is 11.1 Å². The fraction of sp³-hybridized carbons (Fsp3) is 0.250. The molecule has 0 aliphatic carbocycles. The fourth-order valence-corrected chi connectivity index (χ4v) is 1.11. The van der Waals surface area contributed by atoms with Crippen molar-refractivity contribution in [1.29, 1.82) is 0 Å². The minimum Gasteiger partial charge on any atom is -0.653 e. The number of hydrogen-bond donors (Lipinski definition) is 0. The molecule has 0 unspecified atom stereocenters. The number of benzene rings is 1. The topological polar surface area (TPSA) is 9.23 Å². The summed E-state index contributed by atoms with van der Waals surface area (Å²) >= 11 is 2.25. The zero-order valence-electron chi connectivity index (χ0n) is 6.22. The third-order valence-corrected chi connectivity index (χ3v) is 1.94. The molecule has 2 radical (unpaired) electrons. The van der Waals surface area contributed by atoms with E-state index in [0.29, 0.717) is 0 Å². The highest BCUT2D eigenvalue weighted by Gasteiger charge is 1.96. The minimum absolute atomic E-state index is 0.935. The van der Waals surface area contributed by atoms with Crippen LogP contribution in [0.1, 0.15) is 11.1 Å². The lowest BCUT2D eigenvalue weighted by Crippen LogP contribution is -1.89. The van der Waals surface area contributed by atoms with Gasteiger partial charge >= 0.3 is 16.6 Å². The van der Waals surface area contributed by atoms with Gasteiger partial charge in [-0.3, -0.25) is 0 Å². The first kappa shape index (κ1) is 7.66. The van der Waals surface area contributed by atoms with Gasteiger partial charge in [-0.15, -0.1) is 0 Å². The van der Waals surface area contributed by atoms with Crippen LogP contribution in [0.2, 0.25) is 0 Å². The summed E-state index contributed by atoms with van der Waals surface area (Å²) in [4.78, 5) is 0. The average molecular weight is 148 g/mol. The van der Waals surface area contributed by atoms with E-state index in [2.05, 4.69) is 36.5 Å². The van der Waals surface area contributed by atoms with Gasteiger partial charge in [0, 0.05) is 0 Å². The van der Waals surface area contributed by atoms with Crippen molar-refractivity contribution in [2.75, 3.05) is 0 Å². The zero-order chi connectivity index (χ0) is 7.56. The third-order valence-electron chi connectivity index (χ3n) is 1.68. The van der Waals surface area contributed by atoms with E-state index >= 15 is 0 Å². The highest BCUT2D eigenvalue weighted by Crippen LogP contribution is 2.19. The molecule has 1 aromatic rings. The molecule has 0 aliphatic rings. The van der Waals surface area contributed by atoms with E-state index in [0.717, 1.165) is 5.75 Å². The second-order valence-corrected chi connectivity index (χ2v) is 2.55. The van der Waals surface area contributed by atoms with Crippen molar-refractivity contribution in [1.82, 2.24) is 0 Å². The lowest BCUT2D eigenvalue weighted by atomic mass is 10.1. The van der Waals surface area contributed by atoms with Gasteiger partial charge in [-0.2, -0.15) is 0 Å². The smallest absolute Gasteiger partial charge is 0.482 e. The molecule has 50 valence electrons. The van der Waals surface area contributed by atoms with Crippen molar-refractivity contribution in [3.63, 3.8) is 0 Å². The first-order chi connectivity index (χ1) is 4.75. The maximum Gasteiger partial charge on any atom is 0.482 e. The van der Waals surface area contributed by atoms with Crippen LogP contribution in [-0.2, 0) is 0 Å². The van der Waals surface area contributed by atoms with Crippen LogP contribution in [0, 0.1) is 13.8 Å². The number of rotatable bonds is 1. The number of hydrogen-bond acceptors (Lipinski definition) is 1. The monoisotopic (exact) mass is 148 g/mol. The second kappa shape index (κ2) is 3.10. The Morgan fingerprint density at radius 3 is 2.50 bits per heavy atom. The molecule has 1 aromatic carbocycles. The fourth-order valence-electron chi connectivity index (χ4n) is 0.852. The molecule has 0 saturated heterocycles. The molecule has 0 atom stereocenters. The lowest BCUT2D eigenvalue weighted by Gasteiger charge is -2.07. The van der Waals surface area contributed by atoms with Gasteiger partial charge in [0.2, 0.25) is 0 Å². The average Bonchev–Trinajstić information content (AvgIpc) is 1.95. The van der Waals surface area contributed by atoms with Gasteiger partial charge in [0.05, 0.1) is 5.75 Å². The van der Waals surface area contributed by atoms with Crippen molar-refractivity contribution in [2.24, 2.45) is 0 Å². The summed E-state index contributed by atoms with van der Waals surface area (Å²) in [6.45, 7) is 4.12. The number of aryl methyl sites for hydroxylation is 1. The summed E-state index contributed by atoms with van der Waals surface area (Å²) in [7, 11) is 0. The van der Waals surface area contributed by atoms with Crippen LogP contribution in [-0.4, -0.2) is 16.6 Å². The molecule has 0 N–H and O–H groups in total. The lowest BCUT2D eigenvalue weighted by molar-refractivity contribution is 0.609. The van der Waals surface area contributed by atoms with Crippen LogP contribution < -0.4 is 3.79 Å². The molecule has 0 spiro atoms. The van der Waals surface area contributed by atoms with Gasteiger partial charge in [-0.05, 0) is 31.0 Å². The molecule has 1 rings (SSSR count). The van der Waals surface area contributed by atoms with E-state index in [1.54, 1.807) is 0 Å². The Labute approximate surface area is 69.8 Å². The Balaban J connectivity index is 3.14. The Kier molecular flexibility index (Phi) is 2.37. The molecule has 0 heterocycles. The highest BCUT2D eigenvalue weighted by atomic mass is 27.1. The Bertz CT molecular complexity index is 233. The van der Waals surface area contributed by atoms with Crippen LogP contribution in [0.5, 0.6) is 5.75 Å². The second-order valence-electron chi connectivity index (χ2n) is 2.32. The summed E-state index contributed by atoms with van der Waals surface area (Å²) in [6.07, 6.45) is 0. The quantitative estimate of drug-likeness (QED) is 0.551. The van der Waals surface area contributed by atoms with Crippen molar-refractivity contribution < 1.29 is 3.79 Å². The summed E-state index contributed by atoms with van der Waals surface area (Å²) < 4.78 is 5.04. The maximum absolute atomic E-state index is 5.04. The van der Waals surface area contributed by atoms with Gasteiger partial charge in [0.15, 0.2) is 0 Å². The van der Waals surface area contributed by atoms with Crippen LogP contribution in [0.15, 0.2) is 18.2 Å². The van der Waals surface area contributed by atoms with E-state index in [9.17, 15) is 0 Å². The third kappa shape index (κ3) is 1.34. The molecule has 0 aromatic heterocycles. The maximum atomic E-state index is 5.04. The van der Waals surface area contributed by atoms with E-state index in [1.807, 2.05) is 12.1 Å². The normalized spacial score (nSPS) is 9.40. The Morgan fingerprint density at radius 1 is 1.30 bits per heavy atom. The van der Waals surface area contributed by atoms with Crippen molar-refractivity contribution in [2.45, 2.75) is 13.8 Å². The molecule has 0 saturated carbocycles. The molecular weight excluding hydrogens is 139 g/mol. The van der Waals surface area contributed by atoms with Crippen molar-refractivity contribution >= 4 is 16.6 Å². The van der Waals surface area contributed by atoms with Gasteiger partial charge in [0.1, 0.15) is 0 Å². The molecule has 0 aliphatic heterocycles. The molecule has 1 nitrogen and oxygen atoms in total. The molecule has 0 amide bonds. The predicted octanol–water partition coefficient (Wildman–Crippen LogP) is 1.77. The van der Waals surface area contributed by atoms with Crippen LogP contribution in [0.4, 0.5) is 0 Å². The predicted molar refractivity (Wildman–Crippen MR) is 42.3 cm³/mol. The van der Waals surface area contributed by atoms with E-state index < -0.39 is 0 Å². The molecule has 2 heteroatoms. The van der Waals surface area contributed by atoms with E-state index in [-0.39, 0.29) is 0 Å². The van der Waals surface area contributed by atoms with Gasteiger partial charge in [0.25, 0.3) is 0 Å². The Hall–Kier alpha value is -0.448. The van der Waals surface area contributed by atoms with Crippen LogP contribution in [0.25, 0.3) is 0 Å². The Morgan fingerprint density at radius 2 is 2.00 bits per heavy atom. The minimum atomic E-state index is 0.935. The van der Waals surface area contributed by atoms with E-state index in [4.69, 9.17) is 3.79 Å². The summed E-state index contributed by atoms with van der Waals surface area (Å²) in [5.41, 5.74) is 2.47.